The molecule has 0 bridgehead atoms. The van der Waals surface area contributed by atoms with Gasteiger partial charge in [0.1, 0.15) is 0 Å². The number of hydrogen-bond acceptors (Lipinski definition) is 3. The average molecular weight is 432 g/mol. The van der Waals surface area contributed by atoms with Gasteiger partial charge in [0.25, 0.3) is 5.91 Å². The number of carbonyl (C=O) groups excluding carboxylic acids is 3. The molecule has 3 amide bonds. The molecule has 0 aromatic heterocycles. The van der Waals surface area contributed by atoms with Crippen molar-refractivity contribution in [2.45, 2.75) is 6.42 Å². The topological polar surface area (TPSA) is 78.5 Å². The van der Waals surface area contributed by atoms with E-state index < -0.39 is 5.92 Å². The van der Waals surface area contributed by atoms with Crippen LogP contribution in [0.5, 0.6) is 0 Å². The third-order valence-electron chi connectivity index (χ3n) is 4.55. The van der Waals surface area contributed by atoms with Crippen molar-refractivity contribution < 1.29 is 14.4 Å². The number of rotatable bonds is 6. The van der Waals surface area contributed by atoms with Crippen LogP contribution in [-0.4, -0.2) is 30.8 Å². The number of para-hydroxylation sites is 1. The van der Waals surface area contributed by atoms with Crippen LogP contribution in [0.25, 0.3) is 0 Å². The average Bonchev–Trinajstić information content (AvgIpc) is 3.10. The molecule has 1 fully saturated rings. The van der Waals surface area contributed by atoms with Crippen molar-refractivity contribution >= 4 is 52.3 Å². The second-order valence-corrected chi connectivity index (χ2v) is 7.30. The minimum atomic E-state index is -0.582. The molecule has 0 unspecified atom stereocenters. The summed E-state index contributed by atoms with van der Waals surface area (Å²) in [5.41, 5.74) is 1.19. The number of anilines is 2. The Labute approximate surface area is 178 Å². The van der Waals surface area contributed by atoms with Crippen LogP contribution in [0.15, 0.2) is 55.1 Å². The molecule has 0 aliphatic carbocycles. The maximum absolute atomic E-state index is 12.8. The van der Waals surface area contributed by atoms with Gasteiger partial charge in [0.15, 0.2) is 0 Å². The fourth-order valence-electron chi connectivity index (χ4n) is 3.10. The zero-order valence-electron chi connectivity index (χ0n) is 15.5. The van der Waals surface area contributed by atoms with Crippen molar-refractivity contribution in [1.82, 2.24) is 5.32 Å². The lowest BCUT2D eigenvalue weighted by Gasteiger charge is -2.19. The molecule has 1 atom stereocenters. The van der Waals surface area contributed by atoms with Gasteiger partial charge in [-0.2, -0.15) is 0 Å². The Hall–Kier alpha value is -2.83. The fourth-order valence-corrected chi connectivity index (χ4v) is 3.50. The lowest BCUT2D eigenvalue weighted by molar-refractivity contribution is -0.122. The molecule has 1 heterocycles. The zero-order valence-corrected chi connectivity index (χ0v) is 17.0. The summed E-state index contributed by atoms with van der Waals surface area (Å²) < 4.78 is 0. The molecule has 0 radical (unpaired) electrons. The van der Waals surface area contributed by atoms with E-state index in [2.05, 4.69) is 17.2 Å². The highest BCUT2D eigenvalue weighted by Crippen LogP contribution is 2.36. The summed E-state index contributed by atoms with van der Waals surface area (Å²) in [5.74, 6) is -1.47. The summed E-state index contributed by atoms with van der Waals surface area (Å²) in [5, 5.41) is 6.05. The number of halogens is 2. The maximum atomic E-state index is 12.8. The van der Waals surface area contributed by atoms with Crippen LogP contribution in [0.1, 0.15) is 16.8 Å². The zero-order chi connectivity index (χ0) is 21.0. The maximum Gasteiger partial charge on any atom is 0.253 e. The predicted octanol–water partition coefficient (Wildman–Crippen LogP) is 3.90. The van der Waals surface area contributed by atoms with Crippen molar-refractivity contribution in [1.29, 1.82) is 0 Å². The smallest absolute Gasteiger partial charge is 0.253 e. The number of nitrogens with zero attached hydrogens (tertiary/aromatic N) is 1. The predicted molar refractivity (Wildman–Crippen MR) is 115 cm³/mol. The van der Waals surface area contributed by atoms with Gasteiger partial charge < -0.3 is 15.5 Å². The van der Waals surface area contributed by atoms with E-state index in [0.29, 0.717) is 28.5 Å². The Kier molecular flexibility index (Phi) is 6.56. The summed E-state index contributed by atoms with van der Waals surface area (Å²) in [6.07, 6.45) is 1.61. The van der Waals surface area contributed by atoms with Gasteiger partial charge in [0.2, 0.25) is 11.8 Å². The first-order valence-corrected chi connectivity index (χ1v) is 9.71. The number of benzene rings is 2. The molecule has 6 nitrogen and oxygen atoms in total. The Balaban J connectivity index is 1.74. The highest BCUT2D eigenvalue weighted by atomic mass is 35.5. The molecule has 150 valence electrons. The van der Waals surface area contributed by atoms with Crippen molar-refractivity contribution in [2.75, 3.05) is 23.3 Å². The Morgan fingerprint density at radius 2 is 1.93 bits per heavy atom. The van der Waals surface area contributed by atoms with E-state index in [1.165, 1.54) is 4.90 Å². The molecule has 1 aliphatic heterocycles. The van der Waals surface area contributed by atoms with Gasteiger partial charge in [0.05, 0.1) is 32.9 Å². The third-order valence-corrected chi connectivity index (χ3v) is 5.36. The van der Waals surface area contributed by atoms with Crippen molar-refractivity contribution in [2.24, 2.45) is 5.92 Å². The van der Waals surface area contributed by atoms with Crippen LogP contribution in [0.3, 0.4) is 0 Å². The SMILES string of the molecule is C=CCNC(=O)c1ccccc1NC(=O)[C@H]1CC(=O)N(c2cccc(Cl)c2Cl)C1. The summed E-state index contributed by atoms with van der Waals surface area (Å²) in [6, 6.07) is 11.7. The Morgan fingerprint density at radius 1 is 1.17 bits per heavy atom. The number of nitrogens with one attached hydrogen (secondary N) is 2. The molecule has 1 saturated heterocycles. The summed E-state index contributed by atoms with van der Waals surface area (Å²) in [4.78, 5) is 39.0. The molecule has 3 rings (SSSR count). The van der Waals surface area contributed by atoms with E-state index >= 15 is 0 Å². The van der Waals surface area contributed by atoms with Gasteiger partial charge in [-0.05, 0) is 24.3 Å². The Bertz CT molecular complexity index is 977. The summed E-state index contributed by atoms with van der Waals surface area (Å²) >= 11 is 12.3. The molecule has 1 aliphatic rings. The largest absolute Gasteiger partial charge is 0.349 e. The molecular weight excluding hydrogens is 413 g/mol. The van der Waals surface area contributed by atoms with E-state index in [-0.39, 0.29) is 35.7 Å². The number of carbonyl (C=O) groups is 3. The van der Waals surface area contributed by atoms with Gasteiger partial charge in [0, 0.05) is 19.5 Å². The molecule has 0 saturated carbocycles. The highest BCUT2D eigenvalue weighted by Gasteiger charge is 2.36. The van der Waals surface area contributed by atoms with Crippen LogP contribution >= 0.6 is 23.2 Å². The fraction of sp³-hybridized carbons (Fsp3) is 0.190. The molecule has 0 spiro atoms. The number of amides is 3. The first-order valence-electron chi connectivity index (χ1n) is 8.95. The van der Waals surface area contributed by atoms with Crippen LogP contribution in [-0.2, 0) is 9.59 Å². The minimum absolute atomic E-state index is 0.0412. The van der Waals surface area contributed by atoms with Gasteiger partial charge in [-0.3, -0.25) is 14.4 Å². The van der Waals surface area contributed by atoms with Crippen LogP contribution < -0.4 is 15.5 Å². The van der Waals surface area contributed by atoms with Crippen LogP contribution in [0.4, 0.5) is 11.4 Å². The van der Waals surface area contributed by atoms with E-state index in [1.54, 1.807) is 48.5 Å². The summed E-state index contributed by atoms with van der Waals surface area (Å²) in [6.45, 7) is 4.05. The first-order chi connectivity index (χ1) is 13.9. The van der Waals surface area contributed by atoms with Gasteiger partial charge >= 0.3 is 0 Å². The summed E-state index contributed by atoms with van der Waals surface area (Å²) in [7, 11) is 0. The lowest BCUT2D eigenvalue weighted by Crippen LogP contribution is -2.29. The van der Waals surface area contributed by atoms with Gasteiger partial charge in [-0.1, -0.05) is 47.5 Å². The first kappa shape index (κ1) is 20.9. The third kappa shape index (κ3) is 4.60. The standard InChI is InChI=1S/C21H19Cl2N3O3/c1-2-10-24-21(29)14-6-3-4-8-16(14)25-20(28)13-11-18(27)26(12-13)17-9-5-7-15(22)19(17)23/h2-9,13H,1,10-12H2,(H,24,29)(H,25,28)/t13-/m0/s1. The quantitative estimate of drug-likeness (QED) is 0.680. The molecule has 8 heteroatoms. The molecule has 2 N–H and O–H groups in total. The second-order valence-electron chi connectivity index (χ2n) is 6.51. The van der Waals surface area contributed by atoms with Crippen LogP contribution in [0, 0.1) is 5.92 Å². The molecule has 2 aromatic rings. The lowest BCUT2D eigenvalue weighted by atomic mass is 10.1. The van der Waals surface area contributed by atoms with Crippen molar-refractivity contribution in [3.05, 3.63) is 70.7 Å². The molecule has 2 aromatic carbocycles. The second kappa shape index (κ2) is 9.11. The van der Waals surface area contributed by atoms with Gasteiger partial charge in [-0.15, -0.1) is 6.58 Å². The molecule has 29 heavy (non-hydrogen) atoms. The van der Waals surface area contributed by atoms with E-state index in [4.69, 9.17) is 23.2 Å². The van der Waals surface area contributed by atoms with E-state index in [0.717, 1.165) is 0 Å². The molecular formula is C21H19Cl2N3O3. The van der Waals surface area contributed by atoms with Crippen LogP contribution in [0.2, 0.25) is 10.0 Å². The number of hydrogen-bond donors (Lipinski definition) is 2. The normalized spacial score (nSPS) is 15.9. The van der Waals surface area contributed by atoms with Gasteiger partial charge in [-0.25, -0.2) is 0 Å². The van der Waals surface area contributed by atoms with Crippen molar-refractivity contribution in [3.8, 4) is 0 Å². The highest BCUT2D eigenvalue weighted by molar-refractivity contribution is 6.44. The van der Waals surface area contributed by atoms with Crippen molar-refractivity contribution in [3.63, 3.8) is 0 Å². The monoisotopic (exact) mass is 431 g/mol. The van der Waals surface area contributed by atoms with E-state index in [1.807, 2.05) is 0 Å². The minimum Gasteiger partial charge on any atom is -0.349 e. The van der Waals surface area contributed by atoms with E-state index in [9.17, 15) is 14.4 Å². The Morgan fingerprint density at radius 3 is 2.69 bits per heavy atom.